The van der Waals surface area contributed by atoms with Crippen LogP contribution >= 0.6 is 0 Å². The van der Waals surface area contributed by atoms with E-state index in [4.69, 9.17) is 4.74 Å². The molecule has 1 fully saturated rings. The third-order valence-electron chi connectivity index (χ3n) is 4.44. The molecule has 0 heterocycles. The minimum Gasteiger partial charge on any atom is -0.383 e. The zero-order chi connectivity index (χ0) is 13.4. The summed E-state index contributed by atoms with van der Waals surface area (Å²) in [5.41, 5.74) is 0. The Balaban J connectivity index is 2.54. The monoisotopic (exact) mass is 256 g/mol. The van der Waals surface area contributed by atoms with Crippen LogP contribution in [0.15, 0.2) is 0 Å². The van der Waals surface area contributed by atoms with Crippen molar-refractivity contribution in [2.45, 2.75) is 58.0 Å². The molecule has 3 nitrogen and oxygen atoms in total. The predicted molar refractivity (Wildman–Crippen MR) is 78.0 cm³/mol. The van der Waals surface area contributed by atoms with Gasteiger partial charge in [0, 0.05) is 25.7 Å². The van der Waals surface area contributed by atoms with Crippen LogP contribution in [0.1, 0.15) is 46.0 Å². The van der Waals surface area contributed by atoms with Crippen LogP contribution in [0.2, 0.25) is 0 Å². The molecule has 1 aliphatic carbocycles. The summed E-state index contributed by atoms with van der Waals surface area (Å²) < 4.78 is 5.30. The van der Waals surface area contributed by atoms with Gasteiger partial charge in [-0.25, -0.2) is 0 Å². The van der Waals surface area contributed by atoms with E-state index in [1.165, 1.54) is 38.6 Å². The van der Waals surface area contributed by atoms with Gasteiger partial charge in [-0.15, -0.1) is 0 Å². The largest absolute Gasteiger partial charge is 0.383 e. The molecule has 0 aliphatic heterocycles. The van der Waals surface area contributed by atoms with Crippen LogP contribution in [0.5, 0.6) is 0 Å². The molecule has 0 aromatic heterocycles. The Morgan fingerprint density at radius 3 is 2.61 bits per heavy atom. The second-order valence-electron chi connectivity index (χ2n) is 5.69. The summed E-state index contributed by atoms with van der Waals surface area (Å²) in [6.45, 7) is 7.71. The average molecular weight is 256 g/mol. The van der Waals surface area contributed by atoms with Gasteiger partial charge in [-0.2, -0.15) is 0 Å². The zero-order valence-electron chi connectivity index (χ0n) is 12.7. The number of likely N-dealkylation sites (N-methyl/N-ethyl adjacent to an activating group) is 1. The fraction of sp³-hybridized carbons (Fsp3) is 1.00. The maximum atomic E-state index is 5.30. The Morgan fingerprint density at radius 2 is 2.00 bits per heavy atom. The molecule has 0 aromatic carbocycles. The summed E-state index contributed by atoms with van der Waals surface area (Å²) in [6.07, 6.45) is 6.92. The third-order valence-corrected chi connectivity index (χ3v) is 4.44. The van der Waals surface area contributed by atoms with E-state index in [1.54, 1.807) is 7.11 Å². The van der Waals surface area contributed by atoms with Gasteiger partial charge in [-0.1, -0.05) is 26.2 Å². The predicted octanol–water partition coefficient (Wildman–Crippen LogP) is 2.51. The highest BCUT2D eigenvalue weighted by Crippen LogP contribution is 2.24. The number of methoxy groups -OCH3 is 1. The van der Waals surface area contributed by atoms with Crippen molar-refractivity contribution in [1.29, 1.82) is 0 Å². The minimum absolute atomic E-state index is 0.528. The molecule has 0 radical (unpaired) electrons. The number of nitrogens with zero attached hydrogens (tertiary/aromatic N) is 1. The first-order valence-corrected chi connectivity index (χ1v) is 7.63. The number of ether oxygens (including phenoxy) is 1. The van der Waals surface area contributed by atoms with Crippen LogP contribution in [-0.4, -0.2) is 50.8 Å². The van der Waals surface area contributed by atoms with Crippen molar-refractivity contribution >= 4 is 0 Å². The summed E-state index contributed by atoms with van der Waals surface area (Å²) >= 11 is 0. The lowest BCUT2D eigenvalue weighted by Gasteiger charge is -2.34. The SMILES string of the molecule is CCN(CC1CCCCCC1NC)C(C)COC. The van der Waals surface area contributed by atoms with Crippen molar-refractivity contribution in [3.05, 3.63) is 0 Å². The summed E-state index contributed by atoms with van der Waals surface area (Å²) in [7, 11) is 3.92. The normalized spacial score (nSPS) is 27.2. The van der Waals surface area contributed by atoms with Crippen molar-refractivity contribution in [3.63, 3.8) is 0 Å². The highest BCUT2D eigenvalue weighted by Gasteiger charge is 2.25. The molecule has 0 amide bonds. The molecule has 108 valence electrons. The first-order valence-electron chi connectivity index (χ1n) is 7.63. The molecule has 0 spiro atoms. The number of nitrogens with one attached hydrogen (secondary N) is 1. The molecule has 3 atom stereocenters. The van der Waals surface area contributed by atoms with Crippen molar-refractivity contribution in [2.24, 2.45) is 5.92 Å². The zero-order valence-corrected chi connectivity index (χ0v) is 12.7. The van der Waals surface area contributed by atoms with E-state index in [-0.39, 0.29) is 0 Å². The van der Waals surface area contributed by atoms with Crippen molar-refractivity contribution in [3.8, 4) is 0 Å². The quantitative estimate of drug-likeness (QED) is 0.708. The van der Waals surface area contributed by atoms with Crippen LogP contribution in [0.3, 0.4) is 0 Å². The number of hydrogen-bond acceptors (Lipinski definition) is 3. The molecule has 3 unspecified atom stereocenters. The minimum atomic E-state index is 0.528. The van der Waals surface area contributed by atoms with Gasteiger partial charge in [0.05, 0.1) is 6.61 Å². The van der Waals surface area contributed by atoms with E-state index in [0.717, 1.165) is 19.1 Å². The molecular weight excluding hydrogens is 224 g/mol. The van der Waals surface area contributed by atoms with E-state index in [1.807, 2.05) is 0 Å². The maximum absolute atomic E-state index is 5.30. The van der Waals surface area contributed by atoms with E-state index < -0.39 is 0 Å². The van der Waals surface area contributed by atoms with Gasteiger partial charge >= 0.3 is 0 Å². The van der Waals surface area contributed by atoms with Gasteiger partial charge in [0.1, 0.15) is 0 Å². The maximum Gasteiger partial charge on any atom is 0.0615 e. The first kappa shape index (κ1) is 15.9. The molecular formula is C15H32N2O. The second kappa shape index (κ2) is 8.89. The number of rotatable bonds is 7. The van der Waals surface area contributed by atoms with Gasteiger partial charge in [-0.05, 0) is 39.3 Å². The van der Waals surface area contributed by atoms with Gasteiger partial charge in [-0.3, -0.25) is 4.90 Å². The lowest BCUT2D eigenvalue weighted by Crippen LogP contribution is -2.44. The van der Waals surface area contributed by atoms with Crippen LogP contribution < -0.4 is 5.32 Å². The molecule has 0 bridgehead atoms. The lowest BCUT2D eigenvalue weighted by atomic mass is 9.93. The molecule has 1 saturated carbocycles. The molecule has 1 N–H and O–H groups in total. The van der Waals surface area contributed by atoms with E-state index in [0.29, 0.717) is 12.1 Å². The Morgan fingerprint density at radius 1 is 1.28 bits per heavy atom. The van der Waals surface area contributed by atoms with Crippen LogP contribution in [0, 0.1) is 5.92 Å². The van der Waals surface area contributed by atoms with Crippen LogP contribution in [0.25, 0.3) is 0 Å². The summed E-state index contributed by atoms with van der Waals surface area (Å²) in [6, 6.07) is 1.23. The third kappa shape index (κ3) is 4.87. The van der Waals surface area contributed by atoms with Crippen molar-refractivity contribution < 1.29 is 4.74 Å². The van der Waals surface area contributed by atoms with Crippen LogP contribution in [-0.2, 0) is 4.74 Å². The fourth-order valence-corrected chi connectivity index (χ4v) is 3.25. The Kier molecular flexibility index (Phi) is 7.87. The number of hydrogen-bond donors (Lipinski definition) is 1. The average Bonchev–Trinajstić information content (AvgIpc) is 2.60. The Labute approximate surface area is 113 Å². The van der Waals surface area contributed by atoms with E-state index in [9.17, 15) is 0 Å². The van der Waals surface area contributed by atoms with Gasteiger partial charge in [0.2, 0.25) is 0 Å². The lowest BCUT2D eigenvalue weighted by molar-refractivity contribution is 0.0849. The van der Waals surface area contributed by atoms with Gasteiger partial charge in [0.15, 0.2) is 0 Å². The smallest absolute Gasteiger partial charge is 0.0615 e. The second-order valence-corrected chi connectivity index (χ2v) is 5.69. The summed E-state index contributed by atoms with van der Waals surface area (Å²) in [5, 5.41) is 3.54. The topological polar surface area (TPSA) is 24.5 Å². The van der Waals surface area contributed by atoms with E-state index >= 15 is 0 Å². The van der Waals surface area contributed by atoms with Crippen molar-refractivity contribution in [2.75, 3.05) is 33.9 Å². The molecule has 3 heteroatoms. The fourth-order valence-electron chi connectivity index (χ4n) is 3.25. The highest BCUT2D eigenvalue weighted by atomic mass is 16.5. The van der Waals surface area contributed by atoms with Gasteiger partial charge in [0.25, 0.3) is 0 Å². The molecule has 0 aromatic rings. The molecule has 18 heavy (non-hydrogen) atoms. The Bertz CT molecular complexity index is 211. The standard InChI is InChI=1S/C15H32N2O/c1-5-17(13(2)12-18-4)11-14-9-7-6-8-10-15(14)16-3/h13-16H,5-12H2,1-4H3. The Hall–Kier alpha value is -0.120. The first-order chi connectivity index (χ1) is 8.72. The molecule has 0 saturated heterocycles. The van der Waals surface area contributed by atoms with Crippen molar-refractivity contribution in [1.82, 2.24) is 10.2 Å². The highest BCUT2D eigenvalue weighted by molar-refractivity contribution is 4.82. The molecule has 1 aliphatic rings. The molecule has 1 rings (SSSR count). The summed E-state index contributed by atoms with van der Waals surface area (Å²) in [4.78, 5) is 2.57. The van der Waals surface area contributed by atoms with Crippen LogP contribution in [0.4, 0.5) is 0 Å². The van der Waals surface area contributed by atoms with E-state index in [2.05, 4.69) is 31.1 Å². The summed E-state index contributed by atoms with van der Waals surface area (Å²) in [5.74, 6) is 0.803. The van der Waals surface area contributed by atoms with Gasteiger partial charge < -0.3 is 10.1 Å².